The summed E-state index contributed by atoms with van der Waals surface area (Å²) >= 11 is 0. The Morgan fingerprint density at radius 2 is 1.52 bits per heavy atom. The standard InChI is InChI=1S/C25H27N3O3/c29-23-21(22(24(23)30)28-20-8-4-5-9-20)27-16-18-10-12-19(13-11-18)25(31)26-15-14-17-6-2-1-3-7-17/h1-3,6-7,10-13,20,27-28H,4-5,8-9,14-16H2,(H,26,31). The van der Waals surface area contributed by atoms with Crippen molar-refractivity contribution < 1.29 is 4.79 Å². The molecule has 0 unspecified atom stereocenters. The van der Waals surface area contributed by atoms with Crippen molar-refractivity contribution in [2.45, 2.75) is 44.7 Å². The highest BCUT2D eigenvalue weighted by molar-refractivity contribution is 5.94. The molecular weight excluding hydrogens is 390 g/mol. The Morgan fingerprint density at radius 1 is 0.839 bits per heavy atom. The molecule has 4 rings (SSSR count). The van der Waals surface area contributed by atoms with Gasteiger partial charge in [0, 0.05) is 24.7 Å². The van der Waals surface area contributed by atoms with Crippen LogP contribution in [-0.4, -0.2) is 18.5 Å². The second kappa shape index (κ2) is 9.60. The van der Waals surface area contributed by atoms with E-state index in [-0.39, 0.29) is 11.9 Å². The molecule has 3 aromatic rings. The van der Waals surface area contributed by atoms with Gasteiger partial charge in [-0.05, 0) is 42.5 Å². The molecule has 0 bridgehead atoms. The molecule has 1 fully saturated rings. The highest BCUT2D eigenvalue weighted by atomic mass is 16.2. The van der Waals surface area contributed by atoms with Crippen LogP contribution in [0.25, 0.3) is 0 Å². The van der Waals surface area contributed by atoms with Crippen molar-refractivity contribution in [3.63, 3.8) is 0 Å². The van der Waals surface area contributed by atoms with Crippen molar-refractivity contribution in [1.82, 2.24) is 5.32 Å². The molecule has 0 atom stereocenters. The van der Waals surface area contributed by atoms with Crippen LogP contribution in [0.2, 0.25) is 0 Å². The van der Waals surface area contributed by atoms with E-state index in [0.29, 0.717) is 30.0 Å². The van der Waals surface area contributed by atoms with E-state index in [1.807, 2.05) is 42.5 Å². The van der Waals surface area contributed by atoms with Crippen LogP contribution < -0.4 is 26.8 Å². The molecule has 0 saturated heterocycles. The Balaban J connectivity index is 1.28. The number of hydrogen-bond acceptors (Lipinski definition) is 5. The molecule has 6 heteroatoms. The molecule has 0 aromatic heterocycles. The van der Waals surface area contributed by atoms with Crippen molar-refractivity contribution in [1.29, 1.82) is 0 Å². The molecule has 0 aliphatic heterocycles. The maximum absolute atomic E-state index is 12.3. The highest BCUT2D eigenvalue weighted by Crippen LogP contribution is 2.24. The molecule has 31 heavy (non-hydrogen) atoms. The largest absolute Gasteiger partial charge is 0.377 e. The van der Waals surface area contributed by atoms with Gasteiger partial charge in [-0.25, -0.2) is 0 Å². The predicted molar refractivity (Wildman–Crippen MR) is 123 cm³/mol. The molecular formula is C25H27N3O3. The SMILES string of the molecule is O=C(NCCc1ccccc1)c1ccc(CNc2c(NC3CCCC3)c(=O)c2=O)cc1. The fourth-order valence-electron chi connectivity index (χ4n) is 4.00. The first kappa shape index (κ1) is 20.8. The lowest BCUT2D eigenvalue weighted by atomic mass is 10.1. The third kappa shape index (κ3) is 5.02. The molecule has 0 spiro atoms. The lowest BCUT2D eigenvalue weighted by Crippen LogP contribution is -2.39. The lowest BCUT2D eigenvalue weighted by Gasteiger charge is -2.18. The molecule has 0 heterocycles. The van der Waals surface area contributed by atoms with Gasteiger partial charge in [-0.3, -0.25) is 14.4 Å². The molecule has 1 aliphatic rings. The summed E-state index contributed by atoms with van der Waals surface area (Å²) in [4.78, 5) is 36.2. The maximum Gasteiger partial charge on any atom is 0.253 e. The summed E-state index contributed by atoms with van der Waals surface area (Å²) < 4.78 is 0. The minimum atomic E-state index is -0.463. The van der Waals surface area contributed by atoms with Crippen molar-refractivity contribution in [3.05, 3.63) is 91.7 Å². The number of carbonyl (C=O) groups excluding carboxylic acids is 1. The zero-order valence-electron chi connectivity index (χ0n) is 17.4. The van der Waals surface area contributed by atoms with Gasteiger partial charge in [0.2, 0.25) is 0 Å². The van der Waals surface area contributed by atoms with E-state index < -0.39 is 10.9 Å². The Kier molecular flexibility index (Phi) is 6.46. The lowest BCUT2D eigenvalue weighted by molar-refractivity contribution is 0.0954. The molecule has 1 amide bonds. The molecule has 0 radical (unpaired) electrons. The molecule has 3 aromatic carbocycles. The quantitative estimate of drug-likeness (QED) is 0.466. The second-order valence-electron chi connectivity index (χ2n) is 8.08. The topological polar surface area (TPSA) is 87.3 Å². The Labute approximate surface area is 181 Å². The Hall–Kier alpha value is -3.41. The van der Waals surface area contributed by atoms with Crippen LogP contribution in [0, 0.1) is 0 Å². The van der Waals surface area contributed by atoms with E-state index in [4.69, 9.17) is 0 Å². The van der Waals surface area contributed by atoms with E-state index in [0.717, 1.165) is 37.7 Å². The summed E-state index contributed by atoms with van der Waals surface area (Å²) in [5.74, 6) is -0.110. The van der Waals surface area contributed by atoms with Gasteiger partial charge in [0.1, 0.15) is 11.4 Å². The van der Waals surface area contributed by atoms with Crippen LogP contribution >= 0.6 is 0 Å². The smallest absolute Gasteiger partial charge is 0.253 e. The summed E-state index contributed by atoms with van der Waals surface area (Å²) in [6.07, 6.45) is 5.16. The number of benzene rings is 2. The fourth-order valence-corrected chi connectivity index (χ4v) is 4.00. The average molecular weight is 418 g/mol. The van der Waals surface area contributed by atoms with Crippen molar-refractivity contribution >= 4 is 17.3 Å². The third-order valence-electron chi connectivity index (χ3n) is 5.84. The molecule has 1 aliphatic carbocycles. The first-order valence-corrected chi connectivity index (χ1v) is 10.9. The third-order valence-corrected chi connectivity index (χ3v) is 5.84. The van der Waals surface area contributed by atoms with Crippen LogP contribution in [0.15, 0.2) is 64.2 Å². The summed E-state index contributed by atoms with van der Waals surface area (Å²) in [6, 6.07) is 17.6. The van der Waals surface area contributed by atoms with Crippen LogP contribution in [-0.2, 0) is 13.0 Å². The Morgan fingerprint density at radius 3 is 2.23 bits per heavy atom. The van der Waals surface area contributed by atoms with Gasteiger partial charge in [0.15, 0.2) is 0 Å². The molecule has 3 N–H and O–H groups in total. The predicted octanol–water partition coefficient (Wildman–Crippen LogP) is 3.22. The summed E-state index contributed by atoms with van der Waals surface area (Å²) in [5, 5.41) is 9.25. The minimum absolute atomic E-state index is 0.110. The number of carbonyl (C=O) groups is 1. The average Bonchev–Trinajstić information content (AvgIpc) is 3.32. The van der Waals surface area contributed by atoms with E-state index in [2.05, 4.69) is 16.0 Å². The molecule has 1 saturated carbocycles. The zero-order chi connectivity index (χ0) is 21.6. The van der Waals surface area contributed by atoms with Gasteiger partial charge < -0.3 is 16.0 Å². The second-order valence-corrected chi connectivity index (χ2v) is 8.08. The Bertz CT molecular complexity index is 1090. The fraction of sp³-hybridized carbons (Fsp3) is 0.320. The minimum Gasteiger partial charge on any atom is -0.377 e. The highest BCUT2D eigenvalue weighted by Gasteiger charge is 2.24. The first-order valence-electron chi connectivity index (χ1n) is 10.9. The van der Waals surface area contributed by atoms with Crippen molar-refractivity contribution in [2.75, 3.05) is 17.2 Å². The van der Waals surface area contributed by atoms with E-state index in [9.17, 15) is 14.4 Å². The van der Waals surface area contributed by atoms with Gasteiger partial charge in [0.05, 0.1) is 0 Å². The van der Waals surface area contributed by atoms with Crippen LogP contribution in [0.4, 0.5) is 11.4 Å². The number of hydrogen-bond donors (Lipinski definition) is 3. The van der Waals surface area contributed by atoms with Crippen LogP contribution in [0.1, 0.15) is 47.2 Å². The van der Waals surface area contributed by atoms with Crippen molar-refractivity contribution in [2.24, 2.45) is 0 Å². The van der Waals surface area contributed by atoms with Crippen LogP contribution in [0.5, 0.6) is 0 Å². The van der Waals surface area contributed by atoms with Crippen LogP contribution in [0.3, 0.4) is 0 Å². The van der Waals surface area contributed by atoms with Crippen molar-refractivity contribution in [3.8, 4) is 0 Å². The van der Waals surface area contributed by atoms with E-state index in [1.165, 1.54) is 5.56 Å². The van der Waals surface area contributed by atoms with Gasteiger partial charge >= 0.3 is 0 Å². The monoisotopic (exact) mass is 417 g/mol. The molecule has 160 valence electrons. The van der Waals surface area contributed by atoms with E-state index in [1.54, 1.807) is 12.1 Å². The number of anilines is 2. The summed E-state index contributed by atoms with van der Waals surface area (Å²) in [7, 11) is 0. The zero-order valence-corrected chi connectivity index (χ0v) is 17.4. The van der Waals surface area contributed by atoms with Gasteiger partial charge in [-0.1, -0.05) is 55.3 Å². The number of nitrogens with one attached hydrogen (secondary N) is 3. The normalized spacial score (nSPS) is 13.9. The maximum atomic E-state index is 12.3. The summed E-state index contributed by atoms with van der Waals surface area (Å²) in [5.41, 5.74) is 2.61. The van der Waals surface area contributed by atoms with E-state index >= 15 is 0 Å². The summed E-state index contributed by atoms with van der Waals surface area (Å²) in [6.45, 7) is 0.993. The van der Waals surface area contributed by atoms with Gasteiger partial charge in [-0.15, -0.1) is 0 Å². The number of rotatable bonds is 9. The molecule has 6 nitrogen and oxygen atoms in total. The van der Waals surface area contributed by atoms with Gasteiger partial charge in [-0.2, -0.15) is 0 Å². The first-order chi connectivity index (χ1) is 15.1. The van der Waals surface area contributed by atoms with Gasteiger partial charge in [0.25, 0.3) is 16.8 Å². The number of amides is 1.